The molecule has 0 saturated heterocycles. The predicted molar refractivity (Wildman–Crippen MR) is 81.9 cm³/mol. The molecule has 7 heteroatoms. The van der Waals surface area contributed by atoms with Crippen LogP contribution in [0.25, 0.3) is 0 Å². The molecular formula is C16H15ClO6. The Bertz CT molecular complexity index is 734. The molecule has 0 aliphatic heterocycles. The van der Waals surface area contributed by atoms with Crippen LogP contribution in [0.2, 0.25) is 5.02 Å². The smallest absolute Gasteiger partial charge is 0.342 e. The molecule has 0 atom stereocenters. The SMILES string of the molecule is COC(=O)c1cc(COC(=O)c2cc(Cl)ccc2OC)oc1C. The summed E-state index contributed by atoms with van der Waals surface area (Å²) < 4.78 is 20.3. The minimum atomic E-state index is -0.613. The summed E-state index contributed by atoms with van der Waals surface area (Å²) in [6.45, 7) is 1.49. The molecule has 0 spiro atoms. The van der Waals surface area contributed by atoms with E-state index in [1.165, 1.54) is 26.4 Å². The fourth-order valence-corrected chi connectivity index (χ4v) is 2.15. The number of ether oxygens (including phenoxy) is 3. The Morgan fingerprint density at radius 2 is 1.87 bits per heavy atom. The highest BCUT2D eigenvalue weighted by Gasteiger charge is 2.18. The molecule has 122 valence electrons. The molecule has 0 N–H and O–H groups in total. The van der Waals surface area contributed by atoms with Gasteiger partial charge >= 0.3 is 11.9 Å². The van der Waals surface area contributed by atoms with E-state index >= 15 is 0 Å². The quantitative estimate of drug-likeness (QED) is 0.778. The minimum Gasteiger partial charge on any atom is -0.496 e. The Morgan fingerprint density at radius 1 is 1.13 bits per heavy atom. The highest BCUT2D eigenvalue weighted by Crippen LogP contribution is 2.24. The summed E-state index contributed by atoms with van der Waals surface area (Å²) in [4.78, 5) is 23.6. The van der Waals surface area contributed by atoms with E-state index in [-0.39, 0.29) is 12.2 Å². The van der Waals surface area contributed by atoms with E-state index in [9.17, 15) is 9.59 Å². The number of esters is 2. The van der Waals surface area contributed by atoms with Crippen molar-refractivity contribution < 1.29 is 28.2 Å². The lowest BCUT2D eigenvalue weighted by Crippen LogP contribution is -2.07. The molecule has 0 amide bonds. The number of hydrogen-bond donors (Lipinski definition) is 0. The molecule has 2 rings (SSSR count). The minimum absolute atomic E-state index is 0.133. The van der Waals surface area contributed by atoms with Crippen LogP contribution in [0.1, 0.15) is 32.2 Å². The van der Waals surface area contributed by atoms with E-state index in [2.05, 4.69) is 4.74 Å². The van der Waals surface area contributed by atoms with E-state index in [1.54, 1.807) is 19.1 Å². The average Bonchev–Trinajstić information content (AvgIpc) is 2.92. The molecule has 1 heterocycles. The first kappa shape index (κ1) is 16.9. The Hall–Kier alpha value is -2.47. The summed E-state index contributed by atoms with van der Waals surface area (Å²) in [5, 5.41) is 0.388. The molecule has 6 nitrogen and oxygen atoms in total. The molecule has 0 aliphatic rings. The molecule has 0 unspecified atom stereocenters. The highest BCUT2D eigenvalue weighted by molar-refractivity contribution is 6.31. The van der Waals surface area contributed by atoms with Crippen molar-refractivity contribution in [1.29, 1.82) is 0 Å². The van der Waals surface area contributed by atoms with Gasteiger partial charge in [0.2, 0.25) is 0 Å². The third-order valence-corrected chi connectivity index (χ3v) is 3.34. The van der Waals surface area contributed by atoms with Crippen LogP contribution in [0.5, 0.6) is 5.75 Å². The van der Waals surface area contributed by atoms with Gasteiger partial charge in [0.25, 0.3) is 0 Å². The average molecular weight is 339 g/mol. The van der Waals surface area contributed by atoms with E-state index in [1.807, 2.05) is 0 Å². The second-order valence-electron chi connectivity index (χ2n) is 4.59. The molecule has 0 saturated carbocycles. The van der Waals surface area contributed by atoms with Crippen LogP contribution in [-0.2, 0) is 16.1 Å². The molecule has 1 aromatic heterocycles. The van der Waals surface area contributed by atoms with E-state index in [4.69, 9.17) is 25.5 Å². The van der Waals surface area contributed by atoms with Gasteiger partial charge in [0.15, 0.2) is 0 Å². The summed E-state index contributed by atoms with van der Waals surface area (Å²) in [5.74, 6) is -0.0517. The molecule has 0 fully saturated rings. The number of furan rings is 1. The van der Waals surface area contributed by atoms with Crippen molar-refractivity contribution in [1.82, 2.24) is 0 Å². The van der Waals surface area contributed by atoms with Gasteiger partial charge < -0.3 is 18.6 Å². The number of carbonyl (C=O) groups excluding carboxylic acids is 2. The van der Waals surface area contributed by atoms with Crippen molar-refractivity contribution in [2.24, 2.45) is 0 Å². The first-order chi connectivity index (χ1) is 11.0. The summed E-state index contributed by atoms with van der Waals surface area (Å²) >= 11 is 5.88. The second kappa shape index (κ2) is 7.19. The lowest BCUT2D eigenvalue weighted by Gasteiger charge is -2.08. The van der Waals surface area contributed by atoms with E-state index in [0.29, 0.717) is 27.9 Å². The first-order valence-corrected chi connectivity index (χ1v) is 7.02. The van der Waals surface area contributed by atoms with Crippen LogP contribution in [0.3, 0.4) is 0 Å². The van der Waals surface area contributed by atoms with Gasteiger partial charge in [-0.05, 0) is 31.2 Å². The third-order valence-electron chi connectivity index (χ3n) is 3.10. The van der Waals surface area contributed by atoms with Crippen molar-refractivity contribution >= 4 is 23.5 Å². The van der Waals surface area contributed by atoms with E-state index in [0.717, 1.165) is 0 Å². The normalized spacial score (nSPS) is 10.3. The van der Waals surface area contributed by atoms with Crippen molar-refractivity contribution in [2.75, 3.05) is 14.2 Å². The number of halogens is 1. The fraction of sp³-hybridized carbons (Fsp3) is 0.250. The van der Waals surface area contributed by atoms with Crippen LogP contribution < -0.4 is 4.74 Å². The van der Waals surface area contributed by atoms with Gasteiger partial charge in [-0.3, -0.25) is 0 Å². The number of aryl methyl sites for hydroxylation is 1. The van der Waals surface area contributed by atoms with Gasteiger partial charge in [0, 0.05) is 5.02 Å². The summed E-state index contributed by atoms with van der Waals surface area (Å²) in [5.41, 5.74) is 0.496. The molecule has 23 heavy (non-hydrogen) atoms. The highest BCUT2D eigenvalue weighted by atomic mass is 35.5. The zero-order chi connectivity index (χ0) is 17.0. The van der Waals surface area contributed by atoms with Gasteiger partial charge in [-0.2, -0.15) is 0 Å². The largest absolute Gasteiger partial charge is 0.496 e. The maximum atomic E-state index is 12.1. The zero-order valence-corrected chi connectivity index (χ0v) is 13.6. The van der Waals surface area contributed by atoms with Crippen LogP contribution in [0.15, 0.2) is 28.7 Å². The topological polar surface area (TPSA) is 75.0 Å². The first-order valence-electron chi connectivity index (χ1n) is 6.64. The van der Waals surface area contributed by atoms with Crippen LogP contribution in [0.4, 0.5) is 0 Å². The van der Waals surface area contributed by atoms with Gasteiger partial charge in [-0.1, -0.05) is 11.6 Å². The molecule has 0 aliphatic carbocycles. The molecule has 2 aromatic rings. The van der Waals surface area contributed by atoms with Crippen LogP contribution in [-0.4, -0.2) is 26.2 Å². The summed E-state index contributed by atoms with van der Waals surface area (Å²) in [6.07, 6.45) is 0. The Labute approximate surface area is 137 Å². The maximum absolute atomic E-state index is 12.1. The molecule has 0 radical (unpaired) electrons. The Balaban J connectivity index is 2.11. The van der Waals surface area contributed by atoms with Crippen molar-refractivity contribution in [3.63, 3.8) is 0 Å². The second-order valence-corrected chi connectivity index (χ2v) is 5.03. The van der Waals surface area contributed by atoms with Crippen LogP contribution in [0, 0.1) is 6.92 Å². The van der Waals surface area contributed by atoms with Crippen molar-refractivity contribution in [3.05, 3.63) is 51.9 Å². The lowest BCUT2D eigenvalue weighted by atomic mass is 10.2. The molecule has 0 bridgehead atoms. The molecular weight excluding hydrogens is 324 g/mol. The number of methoxy groups -OCH3 is 2. The summed E-state index contributed by atoms with van der Waals surface area (Å²) in [6, 6.07) is 6.11. The van der Waals surface area contributed by atoms with Gasteiger partial charge in [-0.15, -0.1) is 0 Å². The van der Waals surface area contributed by atoms with Crippen LogP contribution >= 0.6 is 11.6 Å². The Kier molecular flexibility index (Phi) is 5.28. The zero-order valence-electron chi connectivity index (χ0n) is 12.8. The van der Waals surface area contributed by atoms with E-state index < -0.39 is 11.9 Å². The fourth-order valence-electron chi connectivity index (χ4n) is 1.98. The van der Waals surface area contributed by atoms with Gasteiger partial charge in [0.1, 0.15) is 35.0 Å². The monoisotopic (exact) mass is 338 g/mol. The number of rotatable bonds is 5. The third kappa shape index (κ3) is 3.84. The number of hydrogen-bond acceptors (Lipinski definition) is 6. The standard InChI is InChI=1S/C16H15ClO6/c1-9-12(15(18)21-3)7-11(23-9)8-22-16(19)13-6-10(17)4-5-14(13)20-2/h4-7H,8H2,1-3H3. The van der Waals surface area contributed by atoms with Gasteiger partial charge in [0.05, 0.1) is 14.2 Å². The predicted octanol–water partition coefficient (Wildman–Crippen LogP) is 3.39. The summed E-state index contributed by atoms with van der Waals surface area (Å²) in [7, 11) is 2.72. The maximum Gasteiger partial charge on any atom is 0.342 e. The van der Waals surface area contributed by atoms with Crippen molar-refractivity contribution in [2.45, 2.75) is 13.5 Å². The Morgan fingerprint density at radius 3 is 2.52 bits per heavy atom. The van der Waals surface area contributed by atoms with Gasteiger partial charge in [-0.25, -0.2) is 9.59 Å². The number of carbonyl (C=O) groups is 2. The molecule has 1 aromatic carbocycles. The number of benzene rings is 1. The van der Waals surface area contributed by atoms with Crippen molar-refractivity contribution in [3.8, 4) is 5.75 Å². The lowest BCUT2D eigenvalue weighted by molar-refractivity contribution is 0.0440.